The van der Waals surface area contributed by atoms with E-state index in [0.29, 0.717) is 0 Å². The molecule has 2 N–H and O–H groups in total. The molecule has 0 radical (unpaired) electrons. The number of hydrogen-bond donors (Lipinski definition) is 2. The Balaban J connectivity index is 2.25. The predicted molar refractivity (Wildman–Crippen MR) is 50.1 cm³/mol. The molecule has 0 aliphatic carbocycles. The normalized spacial score (nSPS) is 20.5. The molecule has 0 aromatic carbocycles. The summed E-state index contributed by atoms with van der Waals surface area (Å²) >= 11 is 0. The summed E-state index contributed by atoms with van der Waals surface area (Å²) in [5, 5.41) is 11.9. The Bertz CT molecular complexity index is 356. The Morgan fingerprint density at radius 2 is 2.57 bits per heavy atom. The lowest BCUT2D eigenvalue weighted by molar-refractivity contribution is -0.137. The monoisotopic (exact) mass is 195 g/mol. The zero-order valence-corrected chi connectivity index (χ0v) is 8.04. The van der Waals surface area contributed by atoms with Crippen molar-refractivity contribution in [3.05, 3.63) is 23.2 Å². The van der Waals surface area contributed by atoms with Gasteiger partial charge in [0.2, 0.25) is 0 Å². The van der Waals surface area contributed by atoms with Gasteiger partial charge >= 0.3 is 5.97 Å². The number of rotatable bonds is 2. The molecule has 0 fully saturated rings. The zero-order chi connectivity index (χ0) is 10.1. The van der Waals surface area contributed by atoms with Crippen LogP contribution in [0.1, 0.15) is 29.5 Å². The van der Waals surface area contributed by atoms with E-state index in [1.54, 1.807) is 0 Å². The molecule has 76 valence electrons. The summed E-state index contributed by atoms with van der Waals surface area (Å²) in [5.41, 5.74) is 1.01. The average molecular weight is 195 g/mol. The fourth-order valence-corrected chi connectivity index (χ4v) is 1.90. The number of fused-ring (bicyclic) bond motifs is 1. The average Bonchev–Trinajstić information content (AvgIpc) is 2.45. The summed E-state index contributed by atoms with van der Waals surface area (Å²) < 4.78 is 5.48. The van der Waals surface area contributed by atoms with E-state index in [1.807, 2.05) is 13.0 Å². The standard InChI is InChI=1S/C10H13NO3/c1-6-4-7-8(5-10(12)13)11-3-2-9(7)14-6/h4,8,11H,2-3,5H2,1H3,(H,12,13). The van der Waals surface area contributed by atoms with E-state index >= 15 is 0 Å². The second-order valence-corrected chi connectivity index (χ2v) is 3.59. The van der Waals surface area contributed by atoms with Crippen LogP contribution in [-0.4, -0.2) is 17.6 Å². The number of hydrogen-bond acceptors (Lipinski definition) is 3. The summed E-state index contributed by atoms with van der Waals surface area (Å²) in [6.07, 6.45) is 0.964. The molecule has 1 aliphatic heterocycles. The number of carbonyl (C=O) groups is 1. The van der Waals surface area contributed by atoms with Crippen LogP contribution in [0.25, 0.3) is 0 Å². The summed E-state index contributed by atoms with van der Waals surface area (Å²) in [6, 6.07) is 1.84. The van der Waals surface area contributed by atoms with Crippen LogP contribution < -0.4 is 5.32 Å². The summed E-state index contributed by atoms with van der Waals surface area (Å²) in [4.78, 5) is 10.6. The Morgan fingerprint density at radius 3 is 3.29 bits per heavy atom. The number of aryl methyl sites for hydroxylation is 1. The molecule has 14 heavy (non-hydrogen) atoms. The van der Waals surface area contributed by atoms with Crippen LogP contribution in [0, 0.1) is 6.92 Å². The molecular weight excluding hydrogens is 182 g/mol. The highest BCUT2D eigenvalue weighted by Gasteiger charge is 2.24. The maximum atomic E-state index is 10.6. The number of nitrogens with one attached hydrogen (secondary N) is 1. The highest BCUT2D eigenvalue weighted by Crippen LogP contribution is 2.28. The summed E-state index contributed by atoms with van der Waals surface area (Å²) in [7, 11) is 0. The number of furan rings is 1. The lowest BCUT2D eigenvalue weighted by Gasteiger charge is -2.21. The molecule has 1 unspecified atom stereocenters. The molecule has 4 nitrogen and oxygen atoms in total. The minimum atomic E-state index is -0.783. The van der Waals surface area contributed by atoms with E-state index in [1.165, 1.54) is 0 Å². The lowest BCUT2D eigenvalue weighted by Crippen LogP contribution is -2.30. The van der Waals surface area contributed by atoms with Crippen molar-refractivity contribution in [3.63, 3.8) is 0 Å². The second-order valence-electron chi connectivity index (χ2n) is 3.59. The molecule has 1 aromatic heterocycles. The van der Waals surface area contributed by atoms with Crippen molar-refractivity contribution in [2.75, 3.05) is 6.54 Å². The van der Waals surface area contributed by atoms with Crippen molar-refractivity contribution in [3.8, 4) is 0 Å². The van der Waals surface area contributed by atoms with Crippen LogP contribution in [-0.2, 0) is 11.2 Å². The predicted octanol–water partition coefficient (Wildman–Crippen LogP) is 1.25. The number of aliphatic carboxylic acids is 1. The molecule has 1 aliphatic rings. The fraction of sp³-hybridized carbons (Fsp3) is 0.500. The van der Waals surface area contributed by atoms with Gasteiger partial charge in [0.25, 0.3) is 0 Å². The van der Waals surface area contributed by atoms with Gasteiger partial charge in [-0.15, -0.1) is 0 Å². The third-order valence-corrected chi connectivity index (χ3v) is 2.46. The Morgan fingerprint density at radius 1 is 1.79 bits per heavy atom. The molecule has 2 rings (SSSR count). The van der Waals surface area contributed by atoms with Gasteiger partial charge in [-0.2, -0.15) is 0 Å². The maximum absolute atomic E-state index is 10.6. The molecule has 0 spiro atoms. The first kappa shape index (κ1) is 9.27. The molecule has 4 heteroatoms. The third kappa shape index (κ3) is 1.65. The van der Waals surface area contributed by atoms with Crippen molar-refractivity contribution < 1.29 is 14.3 Å². The molecular formula is C10H13NO3. The van der Waals surface area contributed by atoms with E-state index in [9.17, 15) is 4.79 Å². The van der Waals surface area contributed by atoms with Crippen LogP contribution in [0.3, 0.4) is 0 Å². The smallest absolute Gasteiger partial charge is 0.305 e. The summed E-state index contributed by atoms with van der Waals surface area (Å²) in [5.74, 6) is 1.01. The van der Waals surface area contributed by atoms with Crippen molar-refractivity contribution >= 4 is 5.97 Å². The molecule has 1 atom stereocenters. The largest absolute Gasteiger partial charge is 0.481 e. The van der Waals surface area contributed by atoms with Gasteiger partial charge in [0.15, 0.2) is 0 Å². The minimum absolute atomic E-state index is 0.0892. The quantitative estimate of drug-likeness (QED) is 0.745. The van der Waals surface area contributed by atoms with Crippen molar-refractivity contribution in [1.29, 1.82) is 0 Å². The van der Waals surface area contributed by atoms with E-state index in [-0.39, 0.29) is 12.5 Å². The van der Waals surface area contributed by atoms with Crippen LogP contribution in [0.4, 0.5) is 0 Å². The first-order chi connectivity index (χ1) is 6.66. The van der Waals surface area contributed by atoms with Crippen LogP contribution in [0.5, 0.6) is 0 Å². The SMILES string of the molecule is Cc1cc2c(o1)CCNC2CC(=O)O. The minimum Gasteiger partial charge on any atom is -0.481 e. The summed E-state index contributed by atoms with van der Waals surface area (Å²) in [6.45, 7) is 2.67. The van der Waals surface area contributed by atoms with Gasteiger partial charge in [0.05, 0.1) is 6.42 Å². The van der Waals surface area contributed by atoms with Crippen molar-refractivity contribution in [2.24, 2.45) is 0 Å². The van der Waals surface area contributed by atoms with E-state index in [4.69, 9.17) is 9.52 Å². The van der Waals surface area contributed by atoms with E-state index in [0.717, 1.165) is 30.0 Å². The van der Waals surface area contributed by atoms with Crippen LogP contribution in [0.15, 0.2) is 10.5 Å². The highest BCUT2D eigenvalue weighted by molar-refractivity contribution is 5.68. The van der Waals surface area contributed by atoms with Gasteiger partial charge in [-0.05, 0) is 13.0 Å². The zero-order valence-electron chi connectivity index (χ0n) is 8.04. The Hall–Kier alpha value is -1.29. The highest BCUT2D eigenvalue weighted by atomic mass is 16.4. The molecule has 0 saturated carbocycles. The number of carboxylic acids is 1. The van der Waals surface area contributed by atoms with Crippen molar-refractivity contribution in [1.82, 2.24) is 5.32 Å². The van der Waals surface area contributed by atoms with E-state index in [2.05, 4.69) is 5.32 Å². The lowest BCUT2D eigenvalue weighted by atomic mass is 9.99. The second kappa shape index (κ2) is 3.46. The third-order valence-electron chi connectivity index (χ3n) is 2.46. The van der Waals surface area contributed by atoms with Crippen LogP contribution in [0.2, 0.25) is 0 Å². The maximum Gasteiger partial charge on any atom is 0.305 e. The molecule has 0 bridgehead atoms. The molecule has 1 aromatic rings. The Labute approximate surface area is 81.9 Å². The van der Waals surface area contributed by atoms with Crippen molar-refractivity contribution in [2.45, 2.75) is 25.8 Å². The van der Waals surface area contributed by atoms with Gasteiger partial charge in [0, 0.05) is 24.6 Å². The first-order valence-electron chi connectivity index (χ1n) is 4.71. The van der Waals surface area contributed by atoms with Gasteiger partial charge in [-0.3, -0.25) is 4.79 Å². The molecule has 2 heterocycles. The Kier molecular flexibility index (Phi) is 2.29. The number of carboxylic acid groups (broad SMARTS) is 1. The fourth-order valence-electron chi connectivity index (χ4n) is 1.90. The van der Waals surface area contributed by atoms with Crippen LogP contribution >= 0.6 is 0 Å². The van der Waals surface area contributed by atoms with Gasteiger partial charge in [-0.1, -0.05) is 0 Å². The molecule has 0 amide bonds. The van der Waals surface area contributed by atoms with Gasteiger partial charge < -0.3 is 14.8 Å². The van der Waals surface area contributed by atoms with Gasteiger partial charge in [-0.25, -0.2) is 0 Å². The first-order valence-corrected chi connectivity index (χ1v) is 4.71. The van der Waals surface area contributed by atoms with E-state index < -0.39 is 5.97 Å². The van der Waals surface area contributed by atoms with Gasteiger partial charge in [0.1, 0.15) is 11.5 Å². The topological polar surface area (TPSA) is 62.5 Å². The molecule has 0 saturated heterocycles.